The summed E-state index contributed by atoms with van der Waals surface area (Å²) in [5.41, 5.74) is 4.33. The highest BCUT2D eigenvalue weighted by Gasteiger charge is 2.26. The summed E-state index contributed by atoms with van der Waals surface area (Å²) in [7, 11) is 0. The van der Waals surface area contributed by atoms with Crippen LogP contribution < -0.4 is 4.90 Å². The zero-order valence-corrected chi connectivity index (χ0v) is 13.4. The molecule has 0 saturated carbocycles. The van der Waals surface area contributed by atoms with E-state index >= 15 is 0 Å². The average molecular weight is 298 g/mol. The van der Waals surface area contributed by atoms with Crippen LogP contribution in [0.15, 0.2) is 0 Å². The van der Waals surface area contributed by atoms with Crippen molar-refractivity contribution in [3.63, 3.8) is 0 Å². The van der Waals surface area contributed by atoms with Crippen molar-refractivity contribution in [2.24, 2.45) is 0 Å². The van der Waals surface area contributed by atoms with E-state index in [1.807, 2.05) is 4.90 Å². The molecule has 2 aliphatic rings. The summed E-state index contributed by atoms with van der Waals surface area (Å²) in [4.78, 5) is 20.2. The third kappa shape index (κ3) is 2.54. The number of aryl methyl sites for hydroxylation is 1. The van der Waals surface area contributed by atoms with Gasteiger partial charge in [-0.25, -0.2) is 4.98 Å². The molecule has 0 atom stereocenters. The highest BCUT2D eigenvalue weighted by Crippen LogP contribution is 2.32. The van der Waals surface area contributed by atoms with E-state index in [9.17, 15) is 10.1 Å². The molecule has 0 N–H and O–H groups in total. The maximum atomic E-state index is 11.5. The Morgan fingerprint density at radius 3 is 2.36 bits per heavy atom. The van der Waals surface area contributed by atoms with E-state index in [4.69, 9.17) is 4.98 Å². The topological polar surface area (TPSA) is 60.2 Å². The molecular weight excluding hydrogens is 276 g/mol. The number of nitrogens with zero attached hydrogens (tertiary/aromatic N) is 4. The summed E-state index contributed by atoms with van der Waals surface area (Å²) in [6.07, 6.45) is 4.38. The first kappa shape index (κ1) is 14.8. The first-order valence-corrected chi connectivity index (χ1v) is 8.04. The molecule has 0 aromatic carbocycles. The summed E-state index contributed by atoms with van der Waals surface area (Å²) < 4.78 is 0. The number of hydrogen-bond donors (Lipinski definition) is 0. The fourth-order valence-corrected chi connectivity index (χ4v) is 3.58. The summed E-state index contributed by atoms with van der Waals surface area (Å²) >= 11 is 0. The zero-order valence-electron chi connectivity index (χ0n) is 13.4. The number of amides is 1. The molecule has 1 fully saturated rings. The number of carbonyl (C=O) groups is 1. The molecule has 0 unspecified atom stereocenters. The molecule has 1 aliphatic heterocycles. The summed E-state index contributed by atoms with van der Waals surface area (Å²) in [5.74, 6) is 0.943. The van der Waals surface area contributed by atoms with Crippen LogP contribution in [0.25, 0.3) is 0 Å². The Kier molecular flexibility index (Phi) is 4.02. The number of carbonyl (C=O) groups excluding carboxylic acids is 1. The first-order chi connectivity index (χ1) is 10.6. The minimum absolute atomic E-state index is 0.120. The van der Waals surface area contributed by atoms with Crippen LogP contribution in [0.3, 0.4) is 0 Å². The Morgan fingerprint density at radius 1 is 1.14 bits per heavy atom. The van der Waals surface area contributed by atoms with Gasteiger partial charge >= 0.3 is 0 Å². The van der Waals surface area contributed by atoms with E-state index in [-0.39, 0.29) is 5.91 Å². The predicted molar refractivity (Wildman–Crippen MR) is 84.8 cm³/mol. The highest BCUT2D eigenvalue weighted by atomic mass is 16.2. The van der Waals surface area contributed by atoms with Crippen LogP contribution in [-0.4, -0.2) is 42.0 Å². The average Bonchev–Trinajstić information content (AvgIpc) is 2.55. The summed E-state index contributed by atoms with van der Waals surface area (Å²) in [6.45, 7) is 6.58. The maximum absolute atomic E-state index is 11.5. The normalized spacial score (nSPS) is 17.9. The van der Waals surface area contributed by atoms with Gasteiger partial charge in [-0.3, -0.25) is 4.79 Å². The van der Waals surface area contributed by atoms with Crippen LogP contribution in [0.5, 0.6) is 0 Å². The van der Waals surface area contributed by atoms with E-state index in [1.165, 1.54) is 17.5 Å². The lowest BCUT2D eigenvalue weighted by atomic mass is 9.88. The van der Waals surface area contributed by atoms with E-state index in [1.54, 1.807) is 6.92 Å². The number of nitriles is 1. The van der Waals surface area contributed by atoms with Gasteiger partial charge in [-0.05, 0) is 43.7 Å². The molecular formula is C17H22N4O. The molecule has 1 aliphatic carbocycles. The van der Waals surface area contributed by atoms with Crippen LogP contribution in [0.4, 0.5) is 5.82 Å². The van der Waals surface area contributed by atoms with Gasteiger partial charge in [0.15, 0.2) is 0 Å². The van der Waals surface area contributed by atoms with Crippen molar-refractivity contribution in [3.05, 3.63) is 22.4 Å². The molecule has 5 nitrogen and oxygen atoms in total. The molecule has 0 radical (unpaired) electrons. The highest BCUT2D eigenvalue weighted by molar-refractivity contribution is 5.73. The quantitative estimate of drug-likeness (QED) is 0.793. The number of pyridine rings is 1. The largest absolute Gasteiger partial charge is 0.352 e. The molecule has 0 bridgehead atoms. The van der Waals surface area contributed by atoms with Crippen LogP contribution >= 0.6 is 0 Å². The second kappa shape index (κ2) is 5.96. The first-order valence-electron chi connectivity index (χ1n) is 8.04. The van der Waals surface area contributed by atoms with Crippen LogP contribution in [0.1, 0.15) is 42.1 Å². The standard InChI is InChI=1S/C17H22N4O/c1-12-14-5-3-4-6-15(14)16(11-18)17(19-12)21-9-7-20(8-10-21)13(2)22/h3-10H2,1-2H3. The van der Waals surface area contributed by atoms with Gasteiger partial charge < -0.3 is 9.80 Å². The molecule has 1 aromatic heterocycles. The Morgan fingerprint density at radius 2 is 1.77 bits per heavy atom. The molecule has 0 spiro atoms. The van der Waals surface area contributed by atoms with E-state index in [0.29, 0.717) is 13.1 Å². The van der Waals surface area contributed by atoms with Gasteiger partial charge in [-0.1, -0.05) is 0 Å². The van der Waals surface area contributed by atoms with E-state index in [0.717, 1.165) is 49.4 Å². The van der Waals surface area contributed by atoms with Crippen molar-refractivity contribution in [1.82, 2.24) is 9.88 Å². The van der Waals surface area contributed by atoms with Gasteiger partial charge in [0.05, 0.1) is 5.56 Å². The molecule has 1 amide bonds. The van der Waals surface area contributed by atoms with Crippen molar-refractivity contribution in [2.45, 2.75) is 39.5 Å². The van der Waals surface area contributed by atoms with Crippen molar-refractivity contribution >= 4 is 11.7 Å². The van der Waals surface area contributed by atoms with Crippen LogP contribution in [-0.2, 0) is 17.6 Å². The monoisotopic (exact) mass is 298 g/mol. The second-order valence-corrected chi connectivity index (χ2v) is 6.16. The van der Waals surface area contributed by atoms with Crippen LogP contribution in [0, 0.1) is 18.3 Å². The fraction of sp³-hybridized carbons (Fsp3) is 0.588. The molecule has 1 saturated heterocycles. The summed E-state index contributed by atoms with van der Waals surface area (Å²) in [6, 6.07) is 2.40. The molecule has 22 heavy (non-hydrogen) atoms. The van der Waals surface area contributed by atoms with Crippen molar-refractivity contribution in [2.75, 3.05) is 31.1 Å². The predicted octanol–water partition coefficient (Wildman–Crippen LogP) is 1.81. The Balaban J connectivity index is 1.93. The lowest BCUT2D eigenvalue weighted by molar-refractivity contribution is -0.129. The minimum Gasteiger partial charge on any atom is -0.352 e. The second-order valence-electron chi connectivity index (χ2n) is 6.16. The summed E-state index contributed by atoms with van der Waals surface area (Å²) in [5, 5.41) is 9.65. The van der Waals surface area contributed by atoms with Gasteiger partial charge in [0, 0.05) is 38.8 Å². The fourth-order valence-electron chi connectivity index (χ4n) is 3.58. The van der Waals surface area contributed by atoms with Gasteiger partial charge in [0.1, 0.15) is 11.9 Å². The van der Waals surface area contributed by atoms with Crippen molar-refractivity contribution in [1.29, 1.82) is 5.26 Å². The van der Waals surface area contributed by atoms with Crippen molar-refractivity contribution in [3.8, 4) is 6.07 Å². The van der Waals surface area contributed by atoms with E-state index in [2.05, 4.69) is 17.9 Å². The van der Waals surface area contributed by atoms with E-state index < -0.39 is 0 Å². The Bertz CT molecular complexity index is 639. The lowest BCUT2D eigenvalue weighted by Gasteiger charge is -2.36. The number of aromatic nitrogens is 1. The number of hydrogen-bond acceptors (Lipinski definition) is 4. The molecule has 3 rings (SSSR count). The van der Waals surface area contributed by atoms with Gasteiger partial charge in [0.25, 0.3) is 0 Å². The number of fused-ring (bicyclic) bond motifs is 1. The third-order valence-corrected chi connectivity index (χ3v) is 4.84. The molecule has 116 valence electrons. The van der Waals surface area contributed by atoms with Gasteiger partial charge in [-0.15, -0.1) is 0 Å². The Hall–Kier alpha value is -2.09. The molecule has 1 aromatic rings. The Labute approximate surface area is 131 Å². The smallest absolute Gasteiger partial charge is 0.219 e. The lowest BCUT2D eigenvalue weighted by Crippen LogP contribution is -2.48. The van der Waals surface area contributed by atoms with Gasteiger partial charge in [0.2, 0.25) is 5.91 Å². The zero-order chi connectivity index (χ0) is 15.7. The van der Waals surface area contributed by atoms with Gasteiger partial charge in [-0.2, -0.15) is 5.26 Å². The number of piperazine rings is 1. The maximum Gasteiger partial charge on any atom is 0.219 e. The molecule has 5 heteroatoms. The molecule has 2 heterocycles. The minimum atomic E-state index is 0.120. The van der Waals surface area contributed by atoms with Crippen LogP contribution in [0.2, 0.25) is 0 Å². The van der Waals surface area contributed by atoms with Crippen molar-refractivity contribution < 1.29 is 4.79 Å². The number of rotatable bonds is 1. The number of anilines is 1. The SMILES string of the molecule is CC(=O)N1CCN(c2nc(C)c3c(c2C#N)CCCC3)CC1. The third-order valence-electron chi connectivity index (χ3n) is 4.84.